The molecule has 1 saturated heterocycles. The van der Waals surface area contributed by atoms with Crippen LogP contribution in [0.3, 0.4) is 0 Å². The monoisotopic (exact) mass is 364 g/mol. The van der Waals surface area contributed by atoms with Gasteiger partial charge in [0, 0.05) is 38.5 Å². The Bertz CT molecular complexity index is 816. The van der Waals surface area contributed by atoms with Crippen LogP contribution >= 0.6 is 0 Å². The smallest absolute Gasteiger partial charge is 0.240 e. The molecule has 4 rings (SSSR count). The summed E-state index contributed by atoms with van der Waals surface area (Å²) in [6, 6.07) is 14.2. The van der Waals surface area contributed by atoms with E-state index in [0.717, 1.165) is 38.4 Å². The lowest BCUT2D eigenvalue weighted by atomic mass is 10.1. The van der Waals surface area contributed by atoms with E-state index in [1.165, 1.54) is 11.1 Å². The fraction of sp³-hybridized carbons (Fsp3) is 0.381. The molecule has 1 atom stereocenters. The van der Waals surface area contributed by atoms with Crippen molar-refractivity contribution in [3.63, 3.8) is 0 Å². The van der Waals surface area contributed by atoms with Gasteiger partial charge in [0.1, 0.15) is 0 Å². The predicted molar refractivity (Wildman–Crippen MR) is 101 cm³/mol. The first-order valence-corrected chi connectivity index (χ1v) is 9.43. The SMILES string of the molecule is c1ccc(Cc2noc(CN(Cc3cccnc3)C[C@@H]3CCCO3)n2)cc1. The van der Waals surface area contributed by atoms with Gasteiger partial charge in [-0.2, -0.15) is 4.98 Å². The molecule has 2 aromatic heterocycles. The summed E-state index contributed by atoms with van der Waals surface area (Å²) in [5, 5.41) is 4.15. The molecular weight excluding hydrogens is 340 g/mol. The lowest BCUT2D eigenvalue weighted by molar-refractivity contribution is 0.0640. The van der Waals surface area contributed by atoms with Crippen molar-refractivity contribution in [2.75, 3.05) is 13.2 Å². The third kappa shape index (κ3) is 5.21. The summed E-state index contributed by atoms with van der Waals surface area (Å²) >= 11 is 0. The van der Waals surface area contributed by atoms with Crippen molar-refractivity contribution >= 4 is 0 Å². The Kier molecular flexibility index (Phi) is 5.86. The summed E-state index contributed by atoms with van der Waals surface area (Å²) in [7, 11) is 0. The van der Waals surface area contributed by atoms with E-state index in [9.17, 15) is 0 Å². The topological polar surface area (TPSA) is 64.3 Å². The minimum absolute atomic E-state index is 0.272. The normalized spacial score (nSPS) is 16.9. The van der Waals surface area contributed by atoms with Crippen LogP contribution in [-0.2, 0) is 24.2 Å². The van der Waals surface area contributed by atoms with E-state index >= 15 is 0 Å². The average molecular weight is 364 g/mol. The number of nitrogens with zero attached hydrogens (tertiary/aromatic N) is 4. The molecule has 27 heavy (non-hydrogen) atoms. The van der Waals surface area contributed by atoms with Gasteiger partial charge in [-0.25, -0.2) is 0 Å². The highest BCUT2D eigenvalue weighted by atomic mass is 16.5. The van der Waals surface area contributed by atoms with Gasteiger partial charge in [0.15, 0.2) is 5.82 Å². The molecule has 6 heteroatoms. The molecule has 1 aliphatic rings. The minimum Gasteiger partial charge on any atom is -0.377 e. The largest absolute Gasteiger partial charge is 0.377 e. The van der Waals surface area contributed by atoms with Crippen molar-refractivity contribution < 1.29 is 9.26 Å². The fourth-order valence-corrected chi connectivity index (χ4v) is 3.41. The van der Waals surface area contributed by atoms with Gasteiger partial charge in [0.05, 0.1) is 12.6 Å². The Labute approximate surface area is 159 Å². The van der Waals surface area contributed by atoms with Crippen molar-refractivity contribution in [3.05, 3.63) is 77.7 Å². The van der Waals surface area contributed by atoms with Crippen LogP contribution in [0, 0.1) is 0 Å². The third-order valence-corrected chi connectivity index (χ3v) is 4.69. The van der Waals surface area contributed by atoms with Crippen molar-refractivity contribution in [1.29, 1.82) is 0 Å². The van der Waals surface area contributed by atoms with Crippen LogP contribution in [0.4, 0.5) is 0 Å². The highest BCUT2D eigenvalue weighted by molar-refractivity contribution is 5.18. The molecule has 0 radical (unpaired) electrons. The molecular formula is C21H24N4O2. The molecule has 3 aromatic rings. The zero-order valence-electron chi connectivity index (χ0n) is 15.3. The molecule has 1 aromatic carbocycles. The van der Waals surface area contributed by atoms with Crippen LogP contribution in [0.5, 0.6) is 0 Å². The van der Waals surface area contributed by atoms with Crippen LogP contribution in [0.2, 0.25) is 0 Å². The van der Waals surface area contributed by atoms with E-state index in [0.29, 0.717) is 18.9 Å². The van der Waals surface area contributed by atoms with Gasteiger partial charge in [-0.15, -0.1) is 0 Å². The maximum atomic E-state index is 5.82. The number of ether oxygens (including phenoxy) is 1. The number of hydrogen-bond donors (Lipinski definition) is 0. The highest BCUT2D eigenvalue weighted by Gasteiger charge is 2.21. The second-order valence-electron chi connectivity index (χ2n) is 6.93. The number of benzene rings is 1. The number of rotatable bonds is 8. The summed E-state index contributed by atoms with van der Waals surface area (Å²) in [5.41, 5.74) is 2.34. The Morgan fingerprint density at radius 3 is 2.70 bits per heavy atom. The first kappa shape index (κ1) is 17.8. The van der Waals surface area contributed by atoms with E-state index in [1.807, 2.05) is 30.5 Å². The molecule has 0 bridgehead atoms. The van der Waals surface area contributed by atoms with Gasteiger partial charge < -0.3 is 9.26 Å². The third-order valence-electron chi connectivity index (χ3n) is 4.69. The van der Waals surface area contributed by atoms with E-state index in [1.54, 1.807) is 6.20 Å². The van der Waals surface area contributed by atoms with Crippen molar-refractivity contribution in [2.45, 2.75) is 38.5 Å². The molecule has 1 aliphatic heterocycles. The summed E-state index contributed by atoms with van der Waals surface area (Å²) in [6.07, 6.45) is 6.88. The Balaban J connectivity index is 1.42. The summed E-state index contributed by atoms with van der Waals surface area (Å²) in [6.45, 7) is 3.10. The van der Waals surface area contributed by atoms with Crippen LogP contribution in [-0.4, -0.2) is 39.3 Å². The van der Waals surface area contributed by atoms with Crippen LogP contribution in [0.15, 0.2) is 59.4 Å². The average Bonchev–Trinajstić information content (AvgIpc) is 3.36. The van der Waals surface area contributed by atoms with Gasteiger partial charge in [-0.05, 0) is 30.0 Å². The first-order valence-electron chi connectivity index (χ1n) is 9.43. The molecule has 0 N–H and O–H groups in total. The minimum atomic E-state index is 0.272. The standard InChI is InChI=1S/C21H24N4O2/c1-2-6-17(7-3-1)12-20-23-21(27-24-20)16-25(15-19-9-5-11-26-19)14-18-8-4-10-22-13-18/h1-4,6-8,10,13,19H,5,9,11-12,14-16H2/t19-/m0/s1. The Hall–Kier alpha value is -2.57. The molecule has 6 nitrogen and oxygen atoms in total. The number of aromatic nitrogens is 3. The van der Waals surface area contributed by atoms with Crippen LogP contribution in [0.25, 0.3) is 0 Å². The zero-order chi connectivity index (χ0) is 18.3. The lowest BCUT2D eigenvalue weighted by Gasteiger charge is -2.23. The second kappa shape index (κ2) is 8.88. The van der Waals surface area contributed by atoms with Gasteiger partial charge in [-0.3, -0.25) is 9.88 Å². The van der Waals surface area contributed by atoms with E-state index in [4.69, 9.17) is 9.26 Å². The maximum Gasteiger partial charge on any atom is 0.240 e. The first-order chi connectivity index (χ1) is 13.3. The van der Waals surface area contributed by atoms with Crippen molar-refractivity contribution in [3.8, 4) is 0 Å². The fourth-order valence-electron chi connectivity index (χ4n) is 3.41. The molecule has 0 unspecified atom stereocenters. The Morgan fingerprint density at radius 1 is 1.04 bits per heavy atom. The van der Waals surface area contributed by atoms with Gasteiger partial charge in [-0.1, -0.05) is 41.6 Å². The van der Waals surface area contributed by atoms with Crippen LogP contribution in [0.1, 0.15) is 35.7 Å². The van der Waals surface area contributed by atoms with E-state index < -0.39 is 0 Å². The summed E-state index contributed by atoms with van der Waals surface area (Å²) in [5.74, 6) is 1.36. The Morgan fingerprint density at radius 2 is 1.93 bits per heavy atom. The zero-order valence-corrected chi connectivity index (χ0v) is 15.3. The second-order valence-corrected chi connectivity index (χ2v) is 6.93. The van der Waals surface area contributed by atoms with Gasteiger partial charge in [0.25, 0.3) is 0 Å². The molecule has 0 amide bonds. The van der Waals surface area contributed by atoms with Gasteiger partial charge in [0.2, 0.25) is 5.89 Å². The molecule has 3 heterocycles. The summed E-state index contributed by atoms with van der Waals surface area (Å²) < 4.78 is 11.3. The number of hydrogen-bond acceptors (Lipinski definition) is 6. The molecule has 1 fully saturated rings. The van der Waals surface area contributed by atoms with Crippen LogP contribution < -0.4 is 0 Å². The molecule has 140 valence electrons. The molecule has 0 aliphatic carbocycles. The van der Waals surface area contributed by atoms with E-state index in [2.05, 4.69) is 38.2 Å². The summed E-state index contributed by atoms with van der Waals surface area (Å²) in [4.78, 5) is 11.1. The quantitative estimate of drug-likeness (QED) is 0.611. The van der Waals surface area contributed by atoms with E-state index in [-0.39, 0.29) is 6.10 Å². The lowest BCUT2D eigenvalue weighted by Crippen LogP contribution is -2.31. The van der Waals surface area contributed by atoms with Gasteiger partial charge >= 0.3 is 0 Å². The highest BCUT2D eigenvalue weighted by Crippen LogP contribution is 2.17. The molecule has 0 spiro atoms. The number of pyridine rings is 1. The van der Waals surface area contributed by atoms with Crippen molar-refractivity contribution in [1.82, 2.24) is 20.0 Å². The maximum absolute atomic E-state index is 5.82. The predicted octanol–water partition coefficient (Wildman–Crippen LogP) is 3.24. The van der Waals surface area contributed by atoms with Crippen molar-refractivity contribution in [2.24, 2.45) is 0 Å². The molecule has 0 saturated carbocycles.